The Morgan fingerprint density at radius 3 is 2.50 bits per heavy atom. The molecule has 0 saturated heterocycles. The van der Waals surface area contributed by atoms with E-state index in [1.807, 2.05) is 0 Å². The average molecular weight is 142 g/mol. The van der Waals surface area contributed by atoms with E-state index < -0.39 is 9.99 Å². The van der Waals surface area contributed by atoms with Crippen molar-refractivity contribution in [3.05, 3.63) is 39.0 Å². The molecule has 0 saturated carbocycles. The second kappa shape index (κ2) is 2.20. The van der Waals surface area contributed by atoms with Crippen molar-refractivity contribution in [2.75, 3.05) is 0 Å². The molecule has 5 heteroatoms. The van der Waals surface area contributed by atoms with Crippen molar-refractivity contribution in [3.63, 3.8) is 0 Å². The highest BCUT2D eigenvalue weighted by Gasteiger charge is 2.25. The number of nitrogens with one attached hydrogen (secondary N) is 1. The summed E-state index contributed by atoms with van der Waals surface area (Å²) in [6.45, 7) is 1.54. The summed E-state index contributed by atoms with van der Waals surface area (Å²) in [5.41, 5.74) is 0.426. The van der Waals surface area contributed by atoms with Gasteiger partial charge < -0.3 is 5.21 Å². The molecule has 1 atom stereocenters. The minimum absolute atomic E-state index is 0.306. The van der Waals surface area contributed by atoms with Crippen molar-refractivity contribution < 1.29 is 9.99 Å². The number of hydroxylamine groups is 2. The molecule has 0 radical (unpaired) electrons. The zero-order valence-corrected chi connectivity index (χ0v) is 5.33. The first kappa shape index (κ1) is 6.91. The van der Waals surface area contributed by atoms with Gasteiger partial charge in [0, 0.05) is 6.08 Å². The third kappa shape index (κ3) is 0.916. The monoisotopic (exact) mass is 142 g/mol. The largest absolute Gasteiger partial charge is 0.619 e. The van der Waals surface area contributed by atoms with Crippen LogP contribution in [-0.4, -0.2) is 4.92 Å². The van der Waals surface area contributed by atoms with Crippen LogP contribution in [0.5, 0.6) is 0 Å². The molecule has 10 heavy (non-hydrogen) atoms. The number of hydrogen-bond acceptors (Lipinski definition) is 3. The highest BCUT2D eigenvalue weighted by atomic mass is 16.6. The summed E-state index contributed by atoms with van der Waals surface area (Å²) >= 11 is 0. The van der Waals surface area contributed by atoms with E-state index in [1.165, 1.54) is 12.3 Å². The van der Waals surface area contributed by atoms with E-state index in [2.05, 4.69) is 0 Å². The number of allylic oxidation sites excluding steroid dienone is 2. The molecular formula is C5H6N2O3. The van der Waals surface area contributed by atoms with Gasteiger partial charge in [-0.15, -0.1) is 0 Å². The van der Waals surface area contributed by atoms with Crippen molar-refractivity contribution in [1.29, 1.82) is 0 Å². The summed E-state index contributed by atoms with van der Waals surface area (Å²) in [6.07, 6.45) is 2.65. The molecule has 0 bridgehead atoms. The molecule has 1 heterocycles. The Bertz CT molecular complexity index is 231. The Hall–Kier alpha value is -1.20. The molecule has 0 aromatic rings. The van der Waals surface area contributed by atoms with Gasteiger partial charge in [-0.1, -0.05) is 0 Å². The van der Waals surface area contributed by atoms with Crippen LogP contribution in [0.4, 0.5) is 0 Å². The fourth-order valence-electron chi connectivity index (χ4n) is 0.787. The highest BCUT2D eigenvalue weighted by molar-refractivity contribution is 5.18. The molecule has 5 nitrogen and oxygen atoms in total. The van der Waals surface area contributed by atoms with Crippen molar-refractivity contribution in [1.82, 2.24) is 0 Å². The van der Waals surface area contributed by atoms with E-state index in [0.717, 1.165) is 0 Å². The normalized spacial score (nSPS) is 24.0. The van der Waals surface area contributed by atoms with Crippen LogP contribution in [0, 0.1) is 15.3 Å². The third-order valence-electron chi connectivity index (χ3n) is 1.27. The summed E-state index contributed by atoms with van der Waals surface area (Å²) in [5.74, 6) is -0.306. The maximum atomic E-state index is 10.6. The van der Waals surface area contributed by atoms with Crippen molar-refractivity contribution in [2.45, 2.75) is 6.92 Å². The Balaban J connectivity index is 2.96. The smallest absolute Gasteiger partial charge is 0.433 e. The van der Waals surface area contributed by atoms with E-state index in [4.69, 9.17) is 0 Å². The predicted molar refractivity (Wildman–Crippen MR) is 33.2 cm³/mol. The fraction of sp³-hybridized carbons (Fsp3) is 0.200. The molecule has 1 unspecified atom stereocenters. The molecule has 0 aromatic carbocycles. The quantitative estimate of drug-likeness (QED) is 0.302. The van der Waals surface area contributed by atoms with Crippen LogP contribution < -0.4 is 5.06 Å². The zero-order chi connectivity index (χ0) is 7.72. The molecule has 0 amide bonds. The topological polar surface area (TPSA) is 70.6 Å². The second-order valence-corrected chi connectivity index (χ2v) is 1.99. The van der Waals surface area contributed by atoms with Crippen LogP contribution in [0.25, 0.3) is 0 Å². The summed E-state index contributed by atoms with van der Waals surface area (Å²) in [5, 5.41) is 20.2. The molecule has 1 rings (SSSR count). The maximum absolute atomic E-state index is 10.6. The molecule has 1 aliphatic rings. The van der Waals surface area contributed by atoms with Gasteiger partial charge >= 0.3 is 5.82 Å². The molecule has 1 aliphatic heterocycles. The maximum Gasteiger partial charge on any atom is 0.433 e. The standard InChI is InChI=1S/C5H6N2O3/c1-4-2-3-6(8)5(4)7(9)10/h2-3,6H,1H3. The van der Waals surface area contributed by atoms with E-state index in [9.17, 15) is 15.3 Å². The summed E-state index contributed by atoms with van der Waals surface area (Å²) < 4.78 is 0. The van der Waals surface area contributed by atoms with Gasteiger partial charge in [0.1, 0.15) is 11.1 Å². The number of rotatable bonds is 1. The number of nitrogens with zero attached hydrogens (tertiary/aromatic N) is 1. The number of nitro groups is 1. The minimum atomic E-state index is -0.655. The Morgan fingerprint density at radius 2 is 2.30 bits per heavy atom. The van der Waals surface area contributed by atoms with E-state index in [-0.39, 0.29) is 5.82 Å². The van der Waals surface area contributed by atoms with Crippen molar-refractivity contribution in [3.8, 4) is 0 Å². The predicted octanol–water partition coefficient (Wildman–Crippen LogP) is -0.595. The van der Waals surface area contributed by atoms with Crippen LogP contribution in [0.2, 0.25) is 0 Å². The first-order chi connectivity index (χ1) is 4.63. The molecule has 1 N–H and O–H groups in total. The van der Waals surface area contributed by atoms with Crippen LogP contribution >= 0.6 is 0 Å². The van der Waals surface area contributed by atoms with Gasteiger partial charge in [0.15, 0.2) is 0 Å². The van der Waals surface area contributed by atoms with Crippen molar-refractivity contribution in [2.24, 2.45) is 0 Å². The van der Waals surface area contributed by atoms with Gasteiger partial charge in [-0.3, -0.25) is 15.2 Å². The van der Waals surface area contributed by atoms with Crippen LogP contribution in [0.15, 0.2) is 23.7 Å². The van der Waals surface area contributed by atoms with Crippen LogP contribution in [-0.2, 0) is 0 Å². The third-order valence-corrected chi connectivity index (χ3v) is 1.27. The van der Waals surface area contributed by atoms with Crippen LogP contribution in [0.1, 0.15) is 6.92 Å². The number of quaternary nitrogens is 1. The Labute approximate surface area is 57.0 Å². The molecule has 0 fully saturated rings. The first-order valence-corrected chi connectivity index (χ1v) is 2.70. The van der Waals surface area contributed by atoms with E-state index in [0.29, 0.717) is 5.57 Å². The van der Waals surface area contributed by atoms with Gasteiger partial charge in [-0.05, 0) is 6.92 Å². The lowest BCUT2D eigenvalue weighted by molar-refractivity contribution is -0.824. The summed E-state index contributed by atoms with van der Waals surface area (Å²) in [4.78, 5) is 9.45. The lowest BCUT2D eigenvalue weighted by Crippen LogP contribution is -3.00. The summed E-state index contributed by atoms with van der Waals surface area (Å²) in [7, 11) is 0. The van der Waals surface area contributed by atoms with Gasteiger partial charge in [0.2, 0.25) is 0 Å². The van der Waals surface area contributed by atoms with E-state index in [1.54, 1.807) is 6.92 Å². The highest BCUT2D eigenvalue weighted by Crippen LogP contribution is 2.03. The van der Waals surface area contributed by atoms with Gasteiger partial charge in [-0.25, -0.2) is 0 Å². The van der Waals surface area contributed by atoms with Crippen LogP contribution in [0.3, 0.4) is 0 Å². The van der Waals surface area contributed by atoms with Gasteiger partial charge in [0.05, 0.1) is 5.57 Å². The molecule has 0 aliphatic carbocycles. The summed E-state index contributed by atoms with van der Waals surface area (Å²) in [6, 6.07) is 0. The number of hydrogen-bond donors (Lipinski definition) is 1. The lowest BCUT2D eigenvalue weighted by atomic mass is 10.3. The zero-order valence-electron chi connectivity index (χ0n) is 5.33. The average Bonchev–Trinajstić information content (AvgIpc) is 2.11. The Kier molecular flexibility index (Phi) is 1.52. The van der Waals surface area contributed by atoms with Gasteiger partial charge in [-0.2, -0.15) is 0 Å². The van der Waals surface area contributed by atoms with E-state index >= 15 is 0 Å². The SMILES string of the molecule is CC1=C([N+](=O)[O-])[NH+]([O-])C=C1. The lowest BCUT2D eigenvalue weighted by Gasteiger charge is -2.07. The second-order valence-electron chi connectivity index (χ2n) is 1.99. The molecule has 0 aromatic heterocycles. The fourth-order valence-corrected chi connectivity index (χ4v) is 0.787. The molecule has 0 spiro atoms. The first-order valence-electron chi connectivity index (χ1n) is 2.70. The molecular weight excluding hydrogens is 136 g/mol. The van der Waals surface area contributed by atoms with Gasteiger partial charge in [0.25, 0.3) is 0 Å². The Morgan fingerprint density at radius 1 is 1.70 bits per heavy atom. The minimum Gasteiger partial charge on any atom is -0.619 e. The molecule has 54 valence electrons. The van der Waals surface area contributed by atoms with Crippen molar-refractivity contribution >= 4 is 0 Å².